The second-order valence-electron chi connectivity index (χ2n) is 7.24. The molecule has 6 heteroatoms. The summed E-state index contributed by atoms with van der Waals surface area (Å²) in [6.07, 6.45) is 0.413. The minimum Gasteiger partial charge on any atom is -0.444 e. The summed E-state index contributed by atoms with van der Waals surface area (Å²) in [6.45, 7) is 5.54. The fourth-order valence-corrected chi connectivity index (χ4v) is 3.26. The van der Waals surface area contributed by atoms with Gasteiger partial charge in [-0.15, -0.1) is 0 Å². The first-order valence-electron chi connectivity index (χ1n) is 8.18. The molecule has 2 saturated heterocycles. The van der Waals surface area contributed by atoms with Crippen LogP contribution in [0.15, 0.2) is 30.3 Å². The number of amides is 3. The van der Waals surface area contributed by atoms with E-state index in [1.165, 1.54) is 9.80 Å². The van der Waals surface area contributed by atoms with Crippen molar-refractivity contribution in [3.05, 3.63) is 35.9 Å². The molecule has 1 aromatic rings. The molecule has 0 N–H and O–H groups in total. The van der Waals surface area contributed by atoms with Gasteiger partial charge in [0.25, 0.3) is 11.8 Å². The number of nitrogens with zero attached hydrogens (tertiary/aromatic N) is 2. The van der Waals surface area contributed by atoms with E-state index in [0.29, 0.717) is 12.8 Å². The Morgan fingerprint density at radius 1 is 1.08 bits per heavy atom. The van der Waals surface area contributed by atoms with Gasteiger partial charge in [0, 0.05) is 0 Å². The van der Waals surface area contributed by atoms with Crippen molar-refractivity contribution in [1.29, 1.82) is 0 Å². The van der Waals surface area contributed by atoms with Crippen LogP contribution in [-0.2, 0) is 20.9 Å². The highest BCUT2D eigenvalue weighted by Gasteiger charge is 2.53. The Balaban J connectivity index is 1.80. The van der Waals surface area contributed by atoms with E-state index in [-0.39, 0.29) is 18.4 Å². The van der Waals surface area contributed by atoms with Crippen LogP contribution in [0.4, 0.5) is 4.79 Å². The van der Waals surface area contributed by atoms with Crippen molar-refractivity contribution >= 4 is 17.9 Å². The van der Waals surface area contributed by atoms with Gasteiger partial charge in [0.1, 0.15) is 17.7 Å². The molecule has 2 fully saturated rings. The summed E-state index contributed by atoms with van der Waals surface area (Å²) in [5.41, 5.74) is 0.230. The molecule has 6 nitrogen and oxygen atoms in total. The zero-order valence-corrected chi connectivity index (χ0v) is 14.2. The van der Waals surface area contributed by atoms with Crippen LogP contribution in [0.1, 0.15) is 39.2 Å². The Kier molecular flexibility index (Phi) is 4.07. The molecule has 0 aromatic heterocycles. The molecule has 3 amide bonds. The predicted molar refractivity (Wildman–Crippen MR) is 86.9 cm³/mol. The first kappa shape index (κ1) is 16.5. The maximum atomic E-state index is 12.7. The van der Waals surface area contributed by atoms with Crippen LogP contribution < -0.4 is 0 Å². The van der Waals surface area contributed by atoms with E-state index in [0.717, 1.165) is 5.56 Å². The maximum absolute atomic E-state index is 12.7. The zero-order chi connectivity index (χ0) is 17.5. The quantitative estimate of drug-likeness (QED) is 0.781. The fourth-order valence-electron chi connectivity index (χ4n) is 3.26. The molecule has 24 heavy (non-hydrogen) atoms. The molecule has 2 unspecified atom stereocenters. The van der Waals surface area contributed by atoms with Crippen LogP contribution in [0, 0.1) is 0 Å². The third-order valence-corrected chi connectivity index (χ3v) is 4.28. The van der Waals surface area contributed by atoms with Gasteiger partial charge >= 0.3 is 6.09 Å². The van der Waals surface area contributed by atoms with Gasteiger partial charge in [-0.05, 0) is 39.2 Å². The van der Waals surface area contributed by atoms with Crippen molar-refractivity contribution in [2.75, 3.05) is 0 Å². The lowest BCUT2D eigenvalue weighted by atomic mass is 10.1. The van der Waals surface area contributed by atoms with Gasteiger partial charge < -0.3 is 4.74 Å². The number of imide groups is 1. The van der Waals surface area contributed by atoms with E-state index in [4.69, 9.17) is 4.74 Å². The van der Waals surface area contributed by atoms with Crippen molar-refractivity contribution in [3.63, 3.8) is 0 Å². The SMILES string of the molecule is CC(C)(C)OC(=O)N1C2CCC1C(=O)N(Cc1ccccc1)C2=O. The first-order chi connectivity index (χ1) is 11.3. The number of fused-ring (bicyclic) bond motifs is 2. The van der Waals surface area contributed by atoms with E-state index in [1.807, 2.05) is 30.3 Å². The van der Waals surface area contributed by atoms with Gasteiger partial charge in [-0.1, -0.05) is 30.3 Å². The number of carbonyl (C=O) groups excluding carboxylic acids is 3. The third kappa shape index (κ3) is 3.00. The summed E-state index contributed by atoms with van der Waals surface area (Å²) in [4.78, 5) is 40.5. The van der Waals surface area contributed by atoms with Crippen LogP contribution in [0.3, 0.4) is 0 Å². The summed E-state index contributed by atoms with van der Waals surface area (Å²) in [5, 5.41) is 0. The zero-order valence-electron chi connectivity index (χ0n) is 14.2. The Morgan fingerprint density at radius 2 is 1.62 bits per heavy atom. The maximum Gasteiger partial charge on any atom is 0.411 e. The molecule has 3 rings (SSSR count). The number of likely N-dealkylation sites (tertiary alicyclic amines) is 1. The number of hydrogen-bond donors (Lipinski definition) is 0. The van der Waals surface area contributed by atoms with Crippen LogP contribution >= 0.6 is 0 Å². The predicted octanol–water partition coefficient (Wildman–Crippen LogP) is 2.32. The highest BCUT2D eigenvalue weighted by Crippen LogP contribution is 2.34. The van der Waals surface area contributed by atoms with Gasteiger partial charge in [0.05, 0.1) is 6.54 Å². The standard InChI is InChI=1S/C18H22N2O4/c1-18(2,3)24-17(23)20-13-9-10-14(20)16(22)19(15(13)21)11-12-7-5-4-6-8-12/h4-8,13-14H,9-11H2,1-3H3. The van der Waals surface area contributed by atoms with Crippen molar-refractivity contribution in [3.8, 4) is 0 Å². The number of piperazine rings is 1. The lowest BCUT2D eigenvalue weighted by Crippen LogP contribution is -2.62. The van der Waals surface area contributed by atoms with Crippen LogP contribution in [0.25, 0.3) is 0 Å². The smallest absolute Gasteiger partial charge is 0.411 e. The molecule has 2 aliphatic heterocycles. The largest absolute Gasteiger partial charge is 0.444 e. The molecular weight excluding hydrogens is 308 g/mol. The number of carbonyl (C=O) groups is 3. The molecule has 2 heterocycles. The van der Waals surface area contributed by atoms with E-state index in [1.54, 1.807) is 20.8 Å². The molecule has 0 aliphatic carbocycles. The van der Waals surface area contributed by atoms with Gasteiger partial charge in [0.2, 0.25) is 0 Å². The highest BCUT2D eigenvalue weighted by atomic mass is 16.6. The van der Waals surface area contributed by atoms with Crippen LogP contribution in [-0.4, -0.2) is 45.4 Å². The molecule has 2 bridgehead atoms. The van der Waals surface area contributed by atoms with Gasteiger partial charge in [0.15, 0.2) is 0 Å². The minimum atomic E-state index is -0.663. The van der Waals surface area contributed by atoms with Crippen molar-refractivity contribution in [2.45, 2.75) is 57.8 Å². The minimum absolute atomic E-state index is 0.244. The average molecular weight is 330 g/mol. The number of ether oxygens (including phenoxy) is 1. The average Bonchev–Trinajstić information content (AvgIpc) is 2.91. The van der Waals surface area contributed by atoms with Gasteiger partial charge in [-0.3, -0.25) is 19.4 Å². The molecular formula is C18H22N2O4. The molecule has 0 spiro atoms. The Hall–Kier alpha value is -2.37. The monoisotopic (exact) mass is 330 g/mol. The van der Waals surface area contributed by atoms with E-state index in [9.17, 15) is 14.4 Å². The van der Waals surface area contributed by atoms with Crippen LogP contribution in [0.2, 0.25) is 0 Å². The van der Waals surface area contributed by atoms with E-state index < -0.39 is 23.8 Å². The van der Waals surface area contributed by atoms with E-state index in [2.05, 4.69) is 0 Å². The summed E-state index contributed by atoms with van der Waals surface area (Å²) >= 11 is 0. The molecule has 2 aliphatic rings. The van der Waals surface area contributed by atoms with Gasteiger partial charge in [-0.25, -0.2) is 4.79 Å². The lowest BCUT2D eigenvalue weighted by Gasteiger charge is -2.39. The third-order valence-electron chi connectivity index (χ3n) is 4.28. The number of benzene rings is 1. The summed E-state index contributed by atoms with van der Waals surface area (Å²) in [6, 6.07) is 8.17. The summed E-state index contributed by atoms with van der Waals surface area (Å²) < 4.78 is 5.37. The molecule has 0 saturated carbocycles. The topological polar surface area (TPSA) is 66.9 Å². The Bertz CT molecular complexity index is 641. The fraction of sp³-hybridized carbons (Fsp3) is 0.500. The number of hydrogen-bond acceptors (Lipinski definition) is 4. The Labute approximate surface area is 141 Å². The van der Waals surface area contributed by atoms with Crippen LogP contribution in [0.5, 0.6) is 0 Å². The normalized spacial score (nSPS) is 23.6. The second-order valence-corrected chi connectivity index (χ2v) is 7.24. The number of rotatable bonds is 2. The summed E-state index contributed by atoms with van der Waals surface area (Å²) in [5.74, 6) is -0.632. The lowest BCUT2D eigenvalue weighted by molar-refractivity contribution is -0.157. The first-order valence-corrected chi connectivity index (χ1v) is 8.18. The summed E-state index contributed by atoms with van der Waals surface area (Å²) in [7, 11) is 0. The molecule has 128 valence electrons. The van der Waals surface area contributed by atoms with E-state index >= 15 is 0 Å². The molecule has 0 radical (unpaired) electrons. The Morgan fingerprint density at radius 3 is 2.12 bits per heavy atom. The second kappa shape index (κ2) is 5.92. The van der Waals surface area contributed by atoms with Gasteiger partial charge in [-0.2, -0.15) is 0 Å². The highest BCUT2D eigenvalue weighted by molar-refractivity contribution is 6.06. The van der Waals surface area contributed by atoms with Crippen molar-refractivity contribution in [2.24, 2.45) is 0 Å². The van der Waals surface area contributed by atoms with Crippen molar-refractivity contribution < 1.29 is 19.1 Å². The molecule has 1 aromatic carbocycles. The van der Waals surface area contributed by atoms with Crippen molar-refractivity contribution in [1.82, 2.24) is 9.80 Å². The molecule has 2 atom stereocenters.